The van der Waals surface area contributed by atoms with Crippen LogP contribution in [0.3, 0.4) is 0 Å². The third kappa shape index (κ3) is 17.9. The van der Waals surface area contributed by atoms with Crippen molar-refractivity contribution in [2.45, 2.75) is 120 Å². The van der Waals surface area contributed by atoms with Crippen molar-refractivity contribution in [2.75, 3.05) is 47.2 Å². The van der Waals surface area contributed by atoms with Gasteiger partial charge in [0, 0.05) is 31.7 Å². The molecule has 0 N–H and O–H groups in total. The summed E-state index contributed by atoms with van der Waals surface area (Å²) in [7, 11) is 1.54. The second kappa shape index (κ2) is 34.4. The lowest BCUT2D eigenvalue weighted by Gasteiger charge is -2.44. The van der Waals surface area contributed by atoms with Gasteiger partial charge in [-0.05, 0) is 136 Å². The molecule has 19 nitrogen and oxygen atoms in total. The molecule has 1 amide bonds. The van der Waals surface area contributed by atoms with E-state index >= 15 is 4.79 Å². The zero-order chi connectivity index (χ0) is 66.4. The smallest absolute Gasteiger partial charge is 0.338 e. The monoisotopic (exact) mass is 1300 g/mol. The fourth-order valence-electron chi connectivity index (χ4n) is 11.5. The van der Waals surface area contributed by atoms with Crippen LogP contribution in [0.5, 0.6) is 11.5 Å². The van der Waals surface area contributed by atoms with Gasteiger partial charge in [0.1, 0.15) is 29.8 Å². The first-order valence-corrected chi connectivity index (χ1v) is 32.6. The Hall–Kier alpha value is -8.83. The van der Waals surface area contributed by atoms with Crippen LogP contribution in [0.25, 0.3) is 0 Å². The lowest BCUT2D eigenvalue weighted by Crippen LogP contribution is -2.63. The Morgan fingerprint density at radius 1 is 0.564 bits per heavy atom. The molecule has 0 radical (unpaired) electrons. The number of amides is 1. The van der Waals surface area contributed by atoms with E-state index in [0.29, 0.717) is 24.3 Å². The molecule has 20 heteroatoms. The minimum Gasteiger partial charge on any atom is -0.497 e. The highest BCUT2D eigenvalue weighted by Gasteiger charge is 2.54. The molecule has 0 bridgehead atoms. The van der Waals surface area contributed by atoms with E-state index in [1.54, 1.807) is 123 Å². The highest BCUT2D eigenvalue weighted by molar-refractivity contribution is 7.44. The normalized spacial score (nSPS) is 19.0. The molecule has 7 aromatic carbocycles. The van der Waals surface area contributed by atoms with Crippen molar-refractivity contribution in [2.24, 2.45) is 0 Å². The quantitative estimate of drug-likeness (QED) is 0.0130. The summed E-state index contributed by atoms with van der Waals surface area (Å²) in [5.74, 6) is -2.09. The molecule has 0 saturated carbocycles. The van der Waals surface area contributed by atoms with Crippen molar-refractivity contribution in [3.8, 4) is 17.6 Å². The lowest BCUT2D eigenvalue weighted by molar-refractivity contribution is -0.298. The van der Waals surface area contributed by atoms with Crippen molar-refractivity contribution in [3.05, 3.63) is 239 Å². The van der Waals surface area contributed by atoms with Gasteiger partial charge >= 0.3 is 23.9 Å². The van der Waals surface area contributed by atoms with Crippen LogP contribution in [-0.4, -0.2) is 141 Å². The van der Waals surface area contributed by atoms with Crippen LogP contribution in [-0.2, 0) is 52.6 Å². The Bertz CT molecular complexity index is 3510. The highest BCUT2D eigenvalue weighted by atomic mass is 31.2. The summed E-state index contributed by atoms with van der Waals surface area (Å²) >= 11 is 0. The first-order chi connectivity index (χ1) is 45.7. The average molecular weight is 1300 g/mol. The maximum Gasteiger partial charge on any atom is 0.338 e. The van der Waals surface area contributed by atoms with Gasteiger partial charge in [0.2, 0.25) is 5.91 Å². The molecular formula is C74H80N3O16P. The highest BCUT2D eigenvalue weighted by Crippen LogP contribution is 2.48. The van der Waals surface area contributed by atoms with Crippen molar-refractivity contribution in [3.63, 3.8) is 0 Å². The van der Waals surface area contributed by atoms with Gasteiger partial charge in [-0.15, -0.1) is 0 Å². The first-order valence-electron chi connectivity index (χ1n) is 31.5. The number of ether oxygens (including phenoxy) is 9. The maximum absolute atomic E-state index is 15.1. The van der Waals surface area contributed by atoms with Crippen molar-refractivity contribution in [1.29, 1.82) is 5.26 Å². The van der Waals surface area contributed by atoms with E-state index in [4.69, 9.17) is 51.7 Å². The Morgan fingerprint density at radius 3 is 1.50 bits per heavy atom. The third-order valence-electron chi connectivity index (χ3n) is 16.1. The van der Waals surface area contributed by atoms with Crippen molar-refractivity contribution >= 4 is 38.3 Å². The van der Waals surface area contributed by atoms with E-state index in [9.17, 15) is 24.4 Å². The number of unbranched alkanes of at least 4 members (excludes halogenated alkanes) is 1. The SMILES string of the molecule is COc1ccc(C(O[C@@H]2C[C@@H](COP(OCCC#N)N(C(C)C)C(C)C)N(C(=O)CCCCO[C@H]3OC(COC(=O)c4ccccc4)[C@@H](OC(=O)c4ccccc4)[C@H](OC(=O)c4ccccc4)C3OC(=O)c3ccccc3)C2)(c2ccccc2)c2ccc(OC)cc2)cc1. The number of rotatable bonds is 31. The lowest BCUT2D eigenvalue weighted by atomic mass is 9.79. The molecule has 2 aliphatic rings. The number of hydrogen-bond donors (Lipinski definition) is 0. The van der Waals surface area contributed by atoms with Crippen LogP contribution in [0.2, 0.25) is 0 Å². The standard InChI is InChI=1S/C74H80N3O16P/c1-51(2)77(52(3)4)94(87-46-24-44-75)88-49-60-47-63(93-74(57-33-20-11-21-34-57,58-36-40-61(83-5)41-37-58)59-38-42-62(84-6)43-39-59)48-76(60)65(78)35-22-23-45-85-73-68(92-72(82)56-31-18-10-19-32-56)67(91-71(81)55-29-16-9-17-30-55)66(90-70(80)54-27-14-8-15-28-54)64(89-73)50-86-69(79)53-25-12-7-13-26-53/h7-21,25-34,36-43,51-52,60,63-64,66-68,73H,22-24,35,45-50H2,1-6H3/t60-,63+,64?,66+,67-,68?,73-,94?/m0/s1. The number of carbonyl (C=O) groups excluding carboxylic acids is 5. The van der Waals surface area contributed by atoms with Crippen LogP contribution in [0.15, 0.2) is 200 Å². The van der Waals surface area contributed by atoms with E-state index in [2.05, 4.69) is 38.4 Å². The number of nitriles is 1. The molecule has 94 heavy (non-hydrogen) atoms. The molecule has 2 heterocycles. The second-order valence-electron chi connectivity index (χ2n) is 23.1. The predicted octanol–water partition coefficient (Wildman–Crippen LogP) is 12.7. The van der Waals surface area contributed by atoms with Crippen LogP contribution in [0.1, 0.15) is 118 Å². The largest absolute Gasteiger partial charge is 0.497 e. The Labute approximate surface area is 550 Å². The van der Waals surface area contributed by atoms with Gasteiger partial charge in [0.25, 0.3) is 8.53 Å². The zero-order valence-corrected chi connectivity index (χ0v) is 54.5. The van der Waals surface area contributed by atoms with Gasteiger partial charge in [-0.25, -0.2) is 23.8 Å². The summed E-state index contributed by atoms with van der Waals surface area (Å²) in [6.07, 6.45) is -7.11. The van der Waals surface area contributed by atoms with Gasteiger partial charge in [-0.3, -0.25) is 4.79 Å². The fourth-order valence-corrected chi connectivity index (χ4v) is 13.2. The number of esters is 4. The summed E-state index contributed by atoms with van der Waals surface area (Å²) < 4.78 is 71.9. The molecule has 9 rings (SSSR count). The molecule has 7 aromatic rings. The Kier molecular flexibility index (Phi) is 25.4. The topological polar surface area (TPSA) is 217 Å². The number of carbonyl (C=O) groups is 5. The minimum atomic E-state index is -1.69. The number of hydrogen-bond acceptors (Lipinski definition) is 18. The van der Waals surface area contributed by atoms with Crippen LogP contribution >= 0.6 is 8.53 Å². The Morgan fingerprint density at radius 2 is 1.02 bits per heavy atom. The first kappa shape index (κ1) is 69.5. The maximum atomic E-state index is 15.1. The van der Waals surface area contributed by atoms with E-state index in [0.717, 1.165) is 16.7 Å². The average Bonchev–Trinajstić information content (AvgIpc) is 1.14. The summed E-state index contributed by atoms with van der Waals surface area (Å²) in [6.45, 7) is 8.07. The summed E-state index contributed by atoms with van der Waals surface area (Å²) in [6, 6.07) is 59.8. The van der Waals surface area contributed by atoms with Crippen LogP contribution in [0, 0.1) is 11.3 Å². The second-order valence-corrected chi connectivity index (χ2v) is 24.5. The van der Waals surface area contributed by atoms with E-state index in [1.807, 2.05) is 83.8 Å². The number of likely N-dealkylation sites (tertiary alicyclic amines) is 1. The van der Waals surface area contributed by atoms with Crippen molar-refractivity contribution < 1.29 is 75.7 Å². The van der Waals surface area contributed by atoms with Crippen LogP contribution in [0.4, 0.5) is 0 Å². The van der Waals surface area contributed by atoms with Gasteiger partial charge in [-0.1, -0.05) is 127 Å². The van der Waals surface area contributed by atoms with Crippen LogP contribution < -0.4 is 9.47 Å². The molecule has 3 unspecified atom stereocenters. The molecule has 492 valence electrons. The van der Waals surface area contributed by atoms with Gasteiger partial charge in [0.15, 0.2) is 24.6 Å². The molecule has 0 aromatic heterocycles. The fraction of sp³-hybridized carbons (Fsp3) is 0.351. The number of benzene rings is 7. The molecular weight excluding hydrogens is 1220 g/mol. The number of methoxy groups -OCH3 is 2. The van der Waals surface area contributed by atoms with Gasteiger partial charge in [-0.2, -0.15) is 5.26 Å². The molecule has 2 fully saturated rings. The number of nitrogens with zero attached hydrogens (tertiary/aromatic N) is 3. The molecule has 0 spiro atoms. The zero-order valence-electron chi connectivity index (χ0n) is 53.6. The molecule has 2 aliphatic heterocycles. The molecule has 2 saturated heterocycles. The van der Waals surface area contributed by atoms with E-state index in [1.165, 1.54) is 12.1 Å². The predicted molar refractivity (Wildman–Crippen MR) is 351 cm³/mol. The van der Waals surface area contributed by atoms with Gasteiger partial charge < -0.3 is 56.6 Å². The minimum absolute atomic E-state index is 0.0235. The van der Waals surface area contributed by atoms with Gasteiger partial charge in [0.05, 0.1) is 74.3 Å². The van der Waals surface area contributed by atoms with E-state index in [-0.39, 0.29) is 85.9 Å². The van der Waals surface area contributed by atoms with Crippen molar-refractivity contribution in [1.82, 2.24) is 9.57 Å². The third-order valence-corrected chi connectivity index (χ3v) is 18.1. The van der Waals surface area contributed by atoms with E-state index < -0.39 is 87.5 Å². The Balaban J connectivity index is 1.01. The summed E-state index contributed by atoms with van der Waals surface area (Å²) in [4.78, 5) is 73.1. The summed E-state index contributed by atoms with van der Waals surface area (Å²) in [5.41, 5.74) is 1.96. The summed E-state index contributed by atoms with van der Waals surface area (Å²) in [5, 5.41) is 9.51. The molecule has 0 aliphatic carbocycles. The molecule has 8 atom stereocenters.